The molecule has 0 atom stereocenters. The van der Waals surface area contributed by atoms with Crippen molar-refractivity contribution in [2.75, 3.05) is 24.7 Å². The van der Waals surface area contributed by atoms with Crippen molar-refractivity contribution >= 4 is 11.5 Å². The molecule has 0 saturated carbocycles. The van der Waals surface area contributed by atoms with Crippen molar-refractivity contribution in [3.63, 3.8) is 0 Å². The van der Waals surface area contributed by atoms with Crippen LogP contribution in [0.4, 0.5) is 11.5 Å². The summed E-state index contributed by atoms with van der Waals surface area (Å²) in [5.41, 5.74) is 8.12. The van der Waals surface area contributed by atoms with Gasteiger partial charge in [-0.15, -0.1) is 0 Å². The van der Waals surface area contributed by atoms with Gasteiger partial charge in [-0.1, -0.05) is 0 Å². The largest absolute Gasteiger partial charge is 0.383 e. The second kappa shape index (κ2) is 4.41. The van der Waals surface area contributed by atoms with Crippen LogP contribution in [-0.4, -0.2) is 23.6 Å². The first-order valence-corrected chi connectivity index (χ1v) is 5.54. The lowest BCUT2D eigenvalue weighted by molar-refractivity contribution is 0.936. The van der Waals surface area contributed by atoms with Gasteiger partial charge in [-0.05, 0) is 24.3 Å². The Kier molecular flexibility index (Phi) is 2.94. The number of benzene rings is 1. The molecular weight excluding hydrogens is 226 g/mol. The fourth-order valence-electron chi connectivity index (χ4n) is 1.76. The van der Waals surface area contributed by atoms with E-state index in [1.54, 1.807) is 11.6 Å². The molecule has 0 amide bonds. The van der Waals surface area contributed by atoms with Gasteiger partial charge in [0.25, 0.3) is 0 Å². The maximum absolute atomic E-state index is 8.91. The molecule has 2 rings (SSSR count). The highest BCUT2D eigenvalue weighted by Gasteiger charge is 2.12. The summed E-state index contributed by atoms with van der Waals surface area (Å²) in [6.07, 6.45) is 0. The lowest BCUT2D eigenvalue weighted by Gasteiger charge is -2.12. The van der Waals surface area contributed by atoms with E-state index in [1.807, 2.05) is 49.3 Å². The zero-order valence-corrected chi connectivity index (χ0v) is 10.7. The molecule has 5 heteroatoms. The number of imidazole rings is 1. The minimum atomic E-state index is 0.268. The van der Waals surface area contributed by atoms with Gasteiger partial charge in [0.05, 0.1) is 0 Å². The predicted octanol–water partition coefficient (Wildman–Crippen LogP) is 1.61. The smallest absolute Gasteiger partial charge is 0.183 e. The SMILES string of the molecule is CN(C)c1ccc(-c2nc(C#N)c(N)n2C)cc1. The van der Waals surface area contributed by atoms with Crippen molar-refractivity contribution in [3.05, 3.63) is 30.0 Å². The second-order valence-electron chi connectivity index (χ2n) is 4.28. The molecule has 0 aliphatic heterocycles. The van der Waals surface area contributed by atoms with Gasteiger partial charge in [0, 0.05) is 32.4 Å². The van der Waals surface area contributed by atoms with Gasteiger partial charge in [-0.25, -0.2) is 4.98 Å². The van der Waals surface area contributed by atoms with Crippen LogP contribution in [0, 0.1) is 11.3 Å². The van der Waals surface area contributed by atoms with Crippen LogP contribution in [-0.2, 0) is 7.05 Å². The van der Waals surface area contributed by atoms with Gasteiger partial charge in [-0.3, -0.25) is 0 Å². The number of nitrogens with zero attached hydrogens (tertiary/aromatic N) is 4. The summed E-state index contributed by atoms with van der Waals surface area (Å²) >= 11 is 0. The molecule has 0 aliphatic carbocycles. The molecule has 0 aliphatic rings. The van der Waals surface area contributed by atoms with Crippen LogP contribution in [0.3, 0.4) is 0 Å². The lowest BCUT2D eigenvalue weighted by atomic mass is 10.2. The number of hydrogen-bond acceptors (Lipinski definition) is 4. The fraction of sp³-hybridized carbons (Fsp3) is 0.231. The minimum absolute atomic E-state index is 0.268. The van der Waals surface area contributed by atoms with Crippen LogP contribution >= 0.6 is 0 Å². The van der Waals surface area contributed by atoms with Crippen molar-refractivity contribution in [2.45, 2.75) is 0 Å². The van der Waals surface area contributed by atoms with Crippen molar-refractivity contribution in [2.24, 2.45) is 7.05 Å². The molecular formula is C13H15N5. The van der Waals surface area contributed by atoms with Crippen molar-refractivity contribution in [3.8, 4) is 17.5 Å². The topological polar surface area (TPSA) is 70.9 Å². The third-order valence-corrected chi connectivity index (χ3v) is 2.89. The zero-order valence-electron chi connectivity index (χ0n) is 10.7. The first-order valence-electron chi connectivity index (χ1n) is 5.54. The summed E-state index contributed by atoms with van der Waals surface area (Å²) in [6, 6.07) is 9.94. The maximum atomic E-state index is 8.91. The average molecular weight is 241 g/mol. The summed E-state index contributed by atoms with van der Waals surface area (Å²) in [5, 5.41) is 8.91. The van der Waals surface area contributed by atoms with Crippen molar-refractivity contribution in [1.29, 1.82) is 5.26 Å². The molecule has 18 heavy (non-hydrogen) atoms. The summed E-state index contributed by atoms with van der Waals surface area (Å²) in [4.78, 5) is 6.26. The molecule has 0 radical (unpaired) electrons. The van der Waals surface area contributed by atoms with Crippen molar-refractivity contribution < 1.29 is 0 Å². The molecule has 0 bridgehead atoms. The van der Waals surface area contributed by atoms with E-state index in [4.69, 9.17) is 11.0 Å². The van der Waals surface area contributed by atoms with Crippen LogP contribution < -0.4 is 10.6 Å². The first kappa shape index (κ1) is 12.0. The Bertz CT molecular complexity index is 602. The number of hydrogen-bond donors (Lipinski definition) is 1. The Hall–Kier alpha value is -2.48. The minimum Gasteiger partial charge on any atom is -0.383 e. The highest BCUT2D eigenvalue weighted by molar-refractivity contribution is 5.65. The summed E-state index contributed by atoms with van der Waals surface area (Å²) in [5.74, 6) is 1.10. The van der Waals surface area contributed by atoms with Gasteiger partial charge < -0.3 is 15.2 Å². The number of nitrogen functional groups attached to an aromatic ring is 1. The van der Waals surface area contributed by atoms with E-state index in [0.29, 0.717) is 11.6 Å². The van der Waals surface area contributed by atoms with E-state index < -0.39 is 0 Å². The van der Waals surface area contributed by atoms with Crippen LogP contribution in [0.2, 0.25) is 0 Å². The van der Waals surface area contributed by atoms with E-state index in [0.717, 1.165) is 11.3 Å². The second-order valence-corrected chi connectivity index (χ2v) is 4.28. The molecule has 2 N–H and O–H groups in total. The third-order valence-electron chi connectivity index (χ3n) is 2.89. The van der Waals surface area contributed by atoms with Crippen LogP contribution in [0.1, 0.15) is 5.69 Å². The average Bonchev–Trinajstić information content (AvgIpc) is 2.66. The standard InChI is InChI=1S/C13H15N5/c1-17(2)10-6-4-9(5-7-10)13-16-11(8-14)12(15)18(13)3/h4-7H,15H2,1-3H3. The molecule has 2 aromatic rings. The Balaban J connectivity index is 2.47. The molecule has 0 fully saturated rings. The third kappa shape index (κ3) is 1.89. The van der Waals surface area contributed by atoms with E-state index in [9.17, 15) is 0 Å². The highest BCUT2D eigenvalue weighted by atomic mass is 15.1. The molecule has 0 saturated heterocycles. The Morgan fingerprint density at radius 2 is 1.89 bits per heavy atom. The first-order chi connectivity index (χ1) is 8.54. The van der Waals surface area contributed by atoms with Crippen LogP contribution in [0.5, 0.6) is 0 Å². The number of nitrogens with two attached hydrogens (primary N) is 1. The quantitative estimate of drug-likeness (QED) is 0.867. The monoisotopic (exact) mass is 241 g/mol. The molecule has 5 nitrogen and oxygen atoms in total. The van der Waals surface area contributed by atoms with Crippen LogP contribution in [0.25, 0.3) is 11.4 Å². The zero-order chi connectivity index (χ0) is 13.3. The van der Waals surface area contributed by atoms with E-state index in [2.05, 4.69) is 4.98 Å². The van der Waals surface area contributed by atoms with Gasteiger partial charge in [0.2, 0.25) is 0 Å². The van der Waals surface area contributed by atoms with Gasteiger partial charge in [0.15, 0.2) is 5.69 Å². The molecule has 1 aromatic carbocycles. The highest BCUT2D eigenvalue weighted by Crippen LogP contribution is 2.24. The van der Waals surface area contributed by atoms with Gasteiger partial charge >= 0.3 is 0 Å². The number of nitriles is 1. The van der Waals surface area contributed by atoms with E-state index >= 15 is 0 Å². The Morgan fingerprint density at radius 1 is 1.28 bits per heavy atom. The Labute approximate surface area is 106 Å². The van der Waals surface area contributed by atoms with Crippen LogP contribution in [0.15, 0.2) is 24.3 Å². The normalized spacial score (nSPS) is 10.1. The fourth-order valence-corrected chi connectivity index (χ4v) is 1.76. The molecule has 1 heterocycles. The maximum Gasteiger partial charge on any atom is 0.183 e. The van der Waals surface area contributed by atoms with E-state index in [1.165, 1.54) is 0 Å². The molecule has 1 aromatic heterocycles. The number of rotatable bonds is 2. The predicted molar refractivity (Wildman–Crippen MR) is 72.1 cm³/mol. The molecule has 92 valence electrons. The Morgan fingerprint density at radius 3 is 2.33 bits per heavy atom. The molecule has 0 unspecified atom stereocenters. The van der Waals surface area contributed by atoms with Gasteiger partial charge in [-0.2, -0.15) is 5.26 Å². The molecule has 0 spiro atoms. The number of aromatic nitrogens is 2. The summed E-state index contributed by atoms with van der Waals surface area (Å²) in [6.45, 7) is 0. The number of anilines is 2. The van der Waals surface area contributed by atoms with E-state index in [-0.39, 0.29) is 5.69 Å². The summed E-state index contributed by atoms with van der Waals surface area (Å²) in [7, 11) is 5.78. The summed E-state index contributed by atoms with van der Waals surface area (Å²) < 4.78 is 1.73. The van der Waals surface area contributed by atoms with Crippen molar-refractivity contribution in [1.82, 2.24) is 9.55 Å². The van der Waals surface area contributed by atoms with Gasteiger partial charge in [0.1, 0.15) is 17.7 Å². The lowest BCUT2D eigenvalue weighted by Crippen LogP contribution is -2.08.